The van der Waals surface area contributed by atoms with Gasteiger partial charge in [0.15, 0.2) is 6.61 Å². The number of anilines is 1. The number of para-hydroxylation sites is 1. The molecule has 25 heavy (non-hydrogen) atoms. The zero-order valence-corrected chi connectivity index (χ0v) is 17.1. The van der Waals surface area contributed by atoms with Crippen LogP contribution in [0.3, 0.4) is 0 Å². The number of hydrogen-bond donors (Lipinski definition) is 1. The van der Waals surface area contributed by atoms with Crippen LogP contribution in [-0.2, 0) is 16.1 Å². The highest BCUT2D eigenvalue weighted by molar-refractivity contribution is 14.1. The molecule has 0 fully saturated rings. The minimum Gasteiger partial charge on any atom is -0.452 e. The first-order valence-corrected chi connectivity index (χ1v) is 9.19. The van der Waals surface area contributed by atoms with Crippen molar-refractivity contribution in [1.82, 2.24) is 9.78 Å². The van der Waals surface area contributed by atoms with Crippen LogP contribution in [0.2, 0.25) is 5.15 Å². The fourth-order valence-electron chi connectivity index (χ4n) is 2.20. The van der Waals surface area contributed by atoms with Crippen LogP contribution in [0.4, 0.5) is 5.69 Å². The fourth-order valence-corrected chi connectivity index (χ4v) is 3.05. The number of aromatic nitrogens is 2. The predicted octanol–water partition coefficient (Wildman–Crippen LogP) is 3.90. The lowest BCUT2D eigenvalue weighted by Crippen LogP contribution is -2.21. The van der Waals surface area contributed by atoms with Crippen molar-refractivity contribution in [2.24, 2.45) is 5.92 Å². The zero-order chi connectivity index (χ0) is 18.6. The number of carbonyl (C=O) groups is 2. The van der Waals surface area contributed by atoms with Crippen molar-refractivity contribution < 1.29 is 14.3 Å². The summed E-state index contributed by atoms with van der Waals surface area (Å²) in [5.74, 6) is -0.740. The predicted molar refractivity (Wildman–Crippen MR) is 105 cm³/mol. The normalized spacial score (nSPS) is 10.8. The average Bonchev–Trinajstić information content (AvgIpc) is 2.81. The van der Waals surface area contributed by atoms with E-state index in [-0.39, 0.29) is 10.7 Å². The van der Waals surface area contributed by atoms with Crippen molar-refractivity contribution in [1.29, 1.82) is 0 Å². The lowest BCUT2D eigenvalue weighted by atomic mass is 10.2. The van der Waals surface area contributed by atoms with Crippen LogP contribution in [0.15, 0.2) is 24.3 Å². The van der Waals surface area contributed by atoms with Gasteiger partial charge in [0.05, 0.1) is 11.4 Å². The van der Waals surface area contributed by atoms with E-state index in [9.17, 15) is 9.59 Å². The summed E-state index contributed by atoms with van der Waals surface area (Å²) in [6, 6.07) is 7.33. The van der Waals surface area contributed by atoms with E-state index >= 15 is 0 Å². The lowest BCUT2D eigenvalue weighted by molar-refractivity contribution is -0.119. The van der Waals surface area contributed by atoms with Crippen LogP contribution in [0.5, 0.6) is 0 Å². The van der Waals surface area contributed by atoms with Crippen LogP contribution < -0.4 is 5.32 Å². The van der Waals surface area contributed by atoms with E-state index in [0.717, 1.165) is 3.57 Å². The number of benzene rings is 1. The Bertz CT molecular complexity index is 789. The smallest absolute Gasteiger partial charge is 0.343 e. The second-order valence-electron chi connectivity index (χ2n) is 5.93. The summed E-state index contributed by atoms with van der Waals surface area (Å²) < 4.78 is 7.56. The minimum absolute atomic E-state index is 0.199. The maximum Gasteiger partial charge on any atom is 0.343 e. The van der Waals surface area contributed by atoms with Crippen LogP contribution in [0, 0.1) is 16.4 Å². The topological polar surface area (TPSA) is 73.2 Å². The third kappa shape index (κ3) is 5.18. The molecular formula is C17H19ClIN3O3. The van der Waals surface area contributed by atoms with Crippen LogP contribution in [0.1, 0.15) is 29.9 Å². The van der Waals surface area contributed by atoms with E-state index in [4.69, 9.17) is 16.3 Å². The van der Waals surface area contributed by atoms with Gasteiger partial charge in [-0.1, -0.05) is 37.6 Å². The second-order valence-corrected chi connectivity index (χ2v) is 7.45. The van der Waals surface area contributed by atoms with Gasteiger partial charge in [-0.3, -0.25) is 9.48 Å². The van der Waals surface area contributed by atoms with Gasteiger partial charge in [-0.05, 0) is 47.6 Å². The van der Waals surface area contributed by atoms with Gasteiger partial charge < -0.3 is 10.1 Å². The number of rotatable bonds is 6. The van der Waals surface area contributed by atoms with Gasteiger partial charge in [0, 0.05) is 10.1 Å². The summed E-state index contributed by atoms with van der Waals surface area (Å²) in [7, 11) is 0. The number of carbonyl (C=O) groups excluding carboxylic acids is 2. The average molecular weight is 476 g/mol. The Hall–Kier alpha value is -1.61. The molecule has 8 heteroatoms. The first-order valence-electron chi connectivity index (χ1n) is 7.74. The quantitative estimate of drug-likeness (QED) is 0.508. The number of aryl methyl sites for hydroxylation is 1. The van der Waals surface area contributed by atoms with Crippen molar-refractivity contribution >= 4 is 51.8 Å². The molecule has 0 spiro atoms. The highest BCUT2D eigenvalue weighted by atomic mass is 127. The maximum absolute atomic E-state index is 12.3. The molecule has 6 nitrogen and oxygen atoms in total. The third-order valence-corrected chi connectivity index (χ3v) is 4.61. The summed E-state index contributed by atoms with van der Waals surface area (Å²) in [4.78, 5) is 24.2. The molecule has 1 aromatic carbocycles. The SMILES string of the molecule is Cc1nn(CC(C)C)c(Cl)c1C(=O)OCC(=O)Nc1ccccc1I. The molecule has 0 radical (unpaired) electrons. The number of nitrogens with one attached hydrogen (secondary N) is 1. The molecule has 0 aliphatic rings. The Morgan fingerprint density at radius 3 is 2.68 bits per heavy atom. The molecule has 0 atom stereocenters. The molecule has 1 heterocycles. The molecular weight excluding hydrogens is 457 g/mol. The van der Waals surface area contributed by atoms with Crippen molar-refractivity contribution in [3.05, 3.63) is 44.2 Å². The molecule has 1 N–H and O–H groups in total. The molecule has 0 bridgehead atoms. The number of amides is 1. The van der Waals surface area contributed by atoms with Gasteiger partial charge >= 0.3 is 5.97 Å². The first-order chi connectivity index (χ1) is 11.8. The van der Waals surface area contributed by atoms with Crippen molar-refractivity contribution in [2.75, 3.05) is 11.9 Å². The standard InChI is InChI=1S/C17H19ClIN3O3/c1-10(2)8-22-16(18)15(11(3)21-22)17(24)25-9-14(23)20-13-7-5-4-6-12(13)19/h4-7,10H,8-9H2,1-3H3,(H,20,23). The van der Waals surface area contributed by atoms with Gasteiger partial charge in [-0.15, -0.1) is 0 Å². The number of ether oxygens (including phenoxy) is 1. The summed E-state index contributed by atoms with van der Waals surface area (Å²) in [6.45, 7) is 5.95. The molecule has 1 amide bonds. The van der Waals surface area contributed by atoms with Crippen molar-refractivity contribution in [2.45, 2.75) is 27.3 Å². The number of nitrogens with zero attached hydrogens (tertiary/aromatic N) is 2. The van der Waals surface area contributed by atoms with E-state index < -0.39 is 18.5 Å². The molecule has 1 aromatic heterocycles. The Kier molecular flexibility index (Phi) is 6.83. The molecule has 0 aliphatic heterocycles. The highest BCUT2D eigenvalue weighted by Gasteiger charge is 2.22. The first kappa shape index (κ1) is 19.7. The summed E-state index contributed by atoms with van der Waals surface area (Å²) >= 11 is 8.35. The van der Waals surface area contributed by atoms with Crippen molar-refractivity contribution in [3.63, 3.8) is 0 Å². The Morgan fingerprint density at radius 2 is 2.04 bits per heavy atom. The minimum atomic E-state index is -0.657. The van der Waals surface area contributed by atoms with Gasteiger partial charge in [-0.2, -0.15) is 5.10 Å². The van der Waals surface area contributed by atoms with E-state index in [1.54, 1.807) is 17.7 Å². The van der Waals surface area contributed by atoms with E-state index in [2.05, 4.69) is 33.0 Å². The molecule has 0 aliphatic carbocycles. The molecule has 2 aromatic rings. The lowest BCUT2D eigenvalue weighted by Gasteiger charge is -2.08. The fraction of sp³-hybridized carbons (Fsp3) is 0.353. The Balaban J connectivity index is 1.99. The third-order valence-electron chi connectivity index (χ3n) is 3.29. The van der Waals surface area contributed by atoms with Crippen LogP contribution in [-0.4, -0.2) is 28.3 Å². The molecule has 0 saturated carbocycles. The summed E-state index contributed by atoms with van der Waals surface area (Å²) in [5, 5.41) is 7.19. The summed E-state index contributed by atoms with van der Waals surface area (Å²) in [5.41, 5.74) is 1.35. The van der Waals surface area contributed by atoms with Gasteiger partial charge in [0.25, 0.3) is 5.91 Å². The van der Waals surface area contributed by atoms with Crippen molar-refractivity contribution in [3.8, 4) is 0 Å². The second kappa shape index (κ2) is 8.66. The summed E-state index contributed by atoms with van der Waals surface area (Å²) in [6.07, 6.45) is 0. The maximum atomic E-state index is 12.3. The monoisotopic (exact) mass is 475 g/mol. The van der Waals surface area contributed by atoms with Gasteiger partial charge in [0.2, 0.25) is 0 Å². The van der Waals surface area contributed by atoms with Gasteiger partial charge in [-0.25, -0.2) is 4.79 Å². The van der Waals surface area contributed by atoms with E-state index in [1.165, 1.54) is 0 Å². The van der Waals surface area contributed by atoms with E-state index in [0.29, 0.717) is 23.8 Å². The molecule has 0 unspecified atom stereocenters. The molecule has 134 valence electrons. The van der Waals surface area contributed by atoms with Crippen LogP contribution in [0.25, 0.3) is 0 Å². The Labute approximate surface area is 165 Å². The van der Waals surface area contributed by atoms with Gasteiger partial charge in [0.1, 0.15) is 10.7 Å². The molecule has 2 rings (SSSR count). The molecule has 0 saturated heterocycles. The largest absolute Gasteiger partial charge is 0.452 e. The Morgan fingerprint density at radius 1 is 1.36 bits per heavy atom. The number of halogens is 2. The highest BCUT2D eigenvalue weighted by Crippen LogP contribution is 2.22. The number of hydrogen-bond acceptors (Lipinski definition) is 4. The number of esters is 1. The van der Waals surface area contributed by atoms with E-state index in [1.807, 2.05) is 32.0 Å². The van der Waals surface area contributed by atoms with Crippen LogP contribution >= 0.6 is 34.2 Å². The zero-order valence-electron chi connectivity index (χ0n) is 14.2.